The third-order valence-corrected chi connectivity index (χ3v) is 1.48. The van der Waals surface area contributed by atoms with Crippen LogP contribution in [0.25, 0.3) is 6.08 Å². The van der Waals surface area contributed by atoms with Crippen molar-refractivity contribution in [2.24, 2.45) is 7.05 Å². The Morgan fingerprint density at radius 3 is 3.08 bits per heavy atom. The number of carboxylic acids is 1. The number of carbonyl (C=O) groups is 1. The molecule has 0 radical (unpaired) electrons. The van der Waals surface area contributed by atoms with Gasteiger partial charge in [-0.3, -0.25) is 4.68 Å². The number of nitriles is 1. The Bertz CT molecular complexity index is 398. The lowest BCUT2D eigenvalue weighted by molar-refractivity contribution is -0.131. The fourth-order valence-electron chi connectivity index (χ4n) is 0.874. The van der Waals surface area contributed by atoms with Crippen LogP contribution in [0.2, 0.25) is 0 Å². The van der Waals surface area contributed by atoms with Gasteiger partial charge >= 0.3 is 5.97 Å². The lowest BCUT2D eigenvalue weighted by Gasteiger charge is -1.89. The lowest BCUT2D eigenvalue weighted by Crippen LogP contribution is -1.94. The fourth-order valence-corrected chi connectivity index (χ4v) is 0.874. The van der Waals surface area contributed by atoms with Crippen molar-refractivity contribution in [2.45, 2.75) is 0 Å². The van der Waals surface area contributed by atoms with E-state index in [2.05, 4.69) is 5.10 Å². The van der Waals surface area contributed by atoms with E-state index in [1.54, 1.807) is 7.05 Å². The number of rotatable bonds is 2. The maximum absolute atomic E-state index is 10.2. The smallest absolute Gasteiger partial charge is 0.328 e. The van der Waals surface area contributed by atoms with Crippen molar-refractivity contribution >= 4 is 12.0 Å². The molecule has 0 atom stereocenters. The van der Waals surface area contributed by atoms with Gasteiger partial charge in [-0.1, -0.05) is 0 Å². The molecule has 13 heavy (non-hydrogen) atoms. The van der Waals surface area contributed by atoms with Crippen molar-refractivity contribution in [3.8, 4) is 6.07 Å². The zero-order valence-electron chi connectivity index (χ0n) is 6.93. The van der Waals surface area contributed by atoms with Gasteiger partial charge in [0.1, 0.15) is 11.8 Å². The summed E-state index contributed by atoms with van der Waals surface area (Å²) < 4.78 is 1.39. The molecule has 0 aromatic carbocycles. The highest BCUT2D eigenvalue weighted by atomic mass is 16.4. The van der Waals surface area contributed by atoms with Gasteiger partial charge in [0.2, 0.25) is 0 Å². The molecule has 1 heterocycles. The topological polar surface area (TPSA) is 78.9 Å². The van der Waals surface area contributed by atoms with Crippen molar-refractivity contribution in [2.75, 3.05) is 0 Å². The first-order chi connectivity index (χ1) is 6.15. The van der Waals surface area contributed by atoms with Crippen molar-refractivity contribution in [3.63, 3.8) is 0 Å². The van der Waals surface area contributed by atoms with E-state index in [4.69, 9.17) is 10.4 Å². The number of hydrogen-bond acceptors (Lipinski definition) is 3. The van der Waals surface area contributed by atoms with Crippen LogP contribution in [0.5, 0.6) is 0 Å². The van der Waals surface area contributed by atoms with Crippen LogP contribution in [0.4, 0.5) is 0 Å². The first kappa shape index (κ1) is 9.00. The van der Waals surface area contributed by atoms with Gasteiger partial charge in [0.25, 0.3) is 0 Å². The molecule has 0 amide bonds. The lowest BCUT2D eigenvalue weighted by atomic mass is 10.2. The number of aromatic nitrogens is 2. The average molecular weight is 177 g/mol. The van der Waals surface area contributed by atoms with Crippen LogP contribution in [0.1, 0.15) is 11.3 Å². The molecule has 0 unspecified atom stereocenters. The molecule has 0 aliphatic heterocycles. The summed E-state index contributed by atoms with van der Waals surface area (Å²) in [5.74, 6) is -1.05. The monoisotopic (exact) mass is 177 g/mol. The highest BCUT2D eigenvalue weighted by Crippen LogP contribution is 2.07. The SMILES string of the molecule is Cn1ncc(/C=C\C(=O)O)c1C#N. The van der Waals surface area contributed by atoms with E-state index in [0.29, 0.717) is 11.3 Å². The van der Waals surface area contributed by atoms with Crippen molar-refractivity contribution in [1.29, 1.82) is 5.26 Å². The summed E-state index contributed by atoms with van der Waals surface area (Å²) in [5, 5.41) is 20.8. The highest BCUT2D eigenvalue weighted by molar-refractivity contribution is 5.85. The molecule has 0 aliphatic rings. The van der Waals surface area contributed by atoms with E-state index in [1.165, 1.54) is 17.0 Å². The number of carboxylic acid groups (broad SMARTS) is 1. The van der Waals surface area contributed by atoms with Crippen LogP contribution in [0, 0.1) is 11.3 Å². The Balaban J connectivity index is 3.03. The second kappa shape index (κ2) is 3.54. The van der Waals surface area contributed by atoms with Gasteiger partial charge in [0, 0.05) is 18.7 Å². The van der Waals surface area contributed by atoms with E-state index < -0.39 is 5.97 Å². The first-order valence-electron chi connectivity index (χ1n) is 3.48. The van der Waals surface area contributed by atoms with E-state index in [-0.39, 0.29) is 0 Å². The molecule has 1 aromatic heterocycles. The number of nitrogens with zero attached hydrogens (tertiary/aromatic N) is 3. The summed E-state index contributed by atoms with van der Waals surface area (Å²) in [4.78, 5) is 10.2. The Hall–Kier alpha value is -2.09. The van der Waals surface area contributed by atoms with E-state index in [9.17, 15) is 4.79 Å². The molecule has 0 spiro atoms. The van der Waals surface area contributed by atoms with Crippen LogP contribution < -0.4 is 0 Å². The average Bonchev–Trinajstić information content (AvgIpc) is 2.42. The van der Waals surface area contributed by atoms with Gasteiger partial charge in [-0.2, -0.15) is 10.4 Å². The summed E-state index contributed by atoms with van der Waals surface area (Å²) in [6, 6.07) is 1.92. The standard InChI is InChI=1S/C8H7N3O2/c1-11-7(4-9)6(5-10-11)2-3-8(12)13/h2-3,5H,1H3,(H,12,13)/b3-2-. The van der Waals surface area contributed by atoms with Gasteiger partial charge in [0.05, 0.1) is 6.20 Å². The van der Waals surface area contributed by atoms with Gasteiger partial charge < -0.3 is 5.11 Å². The van der Waals surface area contributed by atoms with Crippen molar-refractivity contribution in [3.05, 3.63) is 23.5 Å². The molecule has 5 heteroatoms. The van der Waals surface area contributed by atoms with Crippen LogP contribution in [-0.2, 0) is 11.8 Å². The molecule has 0 fully saturated rings. The van der Waals surface area contributed by atoms with Gasteiger partial charge in [-0.05, 0) is 6.08 Å². The predicted molar refractivity (Wildman–Crippen MR) is 44.6 cm³/mol. The molecular weight excluding hydrogens is 170 g/mol. The molecule has 0 saturated carbocycles. The minimum absolute atomic E-state index is 0.345. The molecule has 5 nitrogen and oxygen atoms in total. The summed E-state index contributed by atoms with van der Waals surface area (Å²) >= 11 is 0. The maximum atomic E-state index is 10.2. The zero-order chi connectivity index (χ0) is 9.84. The highest BCUT2D eigenvalue weighted by Gasteiger charge is 2.03. The summed E-state index contributed by atoms with van der Waals surface area (Å²) in [6.45, 7) is 0. The van der Waals surface area contributed by atoms with Crippen molar-refractivity contribution < 1.29 is 9.90 Å². The number of hydrogen-bond donors (Lipinski definition) is 1. The maximum Gasteiger partial charge on any atom is 0.328 e. The molecule has 66 valence electrons. The van der Waals surface area contributed by atoms with E-state index in [0.717, 1.165) is 6.08 Å². The minimum atomic E-state index is -1.05. The molecule has 0 bridgehead atoms. The second-order valence-electron chi connectivity index (χ2n) is 2.36. The molecular formula is C8H7N3O2. The van der Waals surface area contributed by atoms with Crippen LogP contribution in [0.3, 0.4) is 0 Å². The molecule has 1 rings (SSSR count). The second-order valence-corrected chi connectivity index (χ2v) is 2.36. The Kier molecular flexibility index (Phi) is 2.45. The Labute approximate surface area is 74.5 Å². The van der Waals surface area contributed by atoms with Gasteiger partial charge in [-0.15, -0.1) is 0 Å². The minimum Gasteiger partial charge on any atom is -0.478 e. The summed E-state index contributed by atoms with van der Waals surface area (Å²) in [7, 11) is 1.62. The van der Waals surface area contributed by atoms with Crippen LogP contribution in [0.15, 0.2) is 12.3 Å². The third-order valence-electron chi connectivity index (χ3n) is 1.48. The Morgan fingerprint density at radius 1 is 1.85 bits per heavy atom. The van der Waals surface area contributed by atoms with Crippen molar-refractivity contribution in [1.82, 2.24) is 9.78 Å². The third kappa shape index (κ3) is 1.93. The molecule has 1 aromatic rings. The van der Waals surface area contributed by atoms with E-state index >= 15 is 0 Å². The molecule has 0 saturated heterocycles. The molecule has 0 aliphatic carbocycles. The predicted octanol–water partition coefficient (Wildman–Crippen LogP) is 0.390. The first-order valence-corrected chi connectivity index (χ1v) is 3.48. The normalized spacial score (nSPS) is 10.2. The van der Waals surface area contributed by atoms with Gasteiger partial charge in [0.15, 0.2) is 0 Å². The largest absolute Gasteiger partial charge is 0.478 e. The summed E-state index contributed by atoms with van der Waals surface area (Å²) in [5.41, 5.74) is 0.852. The number of aryl methyl sites for hydroxylation is 1. The van der Waals surface area contributed by atoms with Gasteiger partial charge in [-0.25, -0.2) is 4.79 Å². The van der Waals surface area contributed by atoms with Crippen LogP contribution in [-0.4, -0.2) is 20.9 Å². The zero-order valence-corrected chi connectivity index (χ0v) is 6.93. The fraction of sp³-hybridized carbons (Fsp3) is 0.125. The quantitative estimate of drug-likeness (QED) is 0.662. The van der Waals surface area contributed by atoms with E-state index in [1.807, 2.05) is 6.07 Å². The van der Waals surface area contributed by atoms with Crippen LogP contribution >= 0.6 is 0 Å². The molecule has 1 N–H and O–H groups in total. The Morgan fingerprint density at radius 2 is 2.54 bits per heavy atom. The number of aliphatic carboxylic acids is 1. The summed E-state index contributed by atoms with van der Waals surface area (Å²) in [6.07, 6.45) is 3.75.